The zero-order valence-electron chi connectivity index (χ0n) is 11.9. The first kappa shape index (κ1) is 15.3. The van der Waals surface area contributed by atoms with Crippen molar-refractivity contribution in [3.63, 3.8) is 0 Å². The Morgan fingerprint density at radius 1 is 1.50 bits per heavy atom. The number of hydrazine groups is 1. The zero-order valence-corrected chi connectivity index (χ0v) is 13.5. The van der Waals surface area contributed by atoms with Gasteiger partial charge in [-0.1, -0.05) is 13.8 Å². The predicted molar refractivity (Wildman–Crippen MR) is 87.0 cm³/mol. The topological polar surface area (TPSA) is 53.2 Å². The second kappa shape index (κ2) is 7.04. The second-order valence-corrected chi connectivity index (χ2v) is 6.79. The maximum atomic E-state index is 12.1. The molecule has 0 saturated carbocycles. The van der Waals surface area contributed by atoms with Crippen LogP contribution in [0.15, 0.2) is 6.07 Å². The molecule has 20 heavy (non-hydrogen) atoms. The lowest BCUT2D eigenvalue weighted by Gasteiger charge is -2.16. The summed E-state index contributed by atoms with van der Waals surface area (Å²) < 4.78 is 0. The monoisotopic (exact) mass is 311 g/mol. The molecule has 110 valence electrons. The number of carbonyl (C=O) groups is 1. The van der Waals surface area contributed by atoms with Crippen LogP contribution in [-0.2, 0) is 12.8 Å². The number of thiocarbonyl (C=S) groups is 1. The molecule has 0 aliphatic heterocycles. The van der Waals surface area contributed by atoms with Crippen LogP contribution in [0.4, 0.5) is 0 Å². The van der Waals surface area contributed by atoms with Gasteiger partial charge in [0.15, 0.2) is 5.11 Å². The Morgan fingerprint density at radius 2 is 2.30 bits per heavy atom. The van der Waals surface area contributed by atoms with Crippen molar-refractivity contribution in [3.8, 4) is 0 Å². The SMILES string of the molecule is CCCNC(=S)NNC(=O)c1cc2c(s1)CC[C@@H](C)C2. The normalized spacial score (nSPS) is 17.2. The van der Waals surface area contributed by atoms with Crippen LogP contribution in [0.5, 0.6) is 0 Å². The molecule has 0 aromatic carbocycles. The maximum absolute atomic E-state index is 12.1. The van der Waals surface area contributed by atoms with Crippen molar-refractivity contribution >= 4 is 34.6 Å². The van der Waals surface area contributed by atoms with Crippen LogP contribution in [0, 0.1) is 5.92 Å². The van der Waals surface area contributed by atoms with E-state index in [9.17, 15) is 4.79 Å². The van der Waals surface area contributed by atoms with Crippen molar-refractivity contribution in [3.05, 3.63) is 21.4 Å². The highest BCUT2D eigenvalue weighted by Crippen LogP contribution is 2.31. The van der Waals surface area contributed by atoms with Gasteiger partial charge in [0, 0.05) is 11.4 Å². The summed E-state index contributed by atoms with van der Waals surface area (Å²) in [5.74, 6) is 0.606. The van der Waals surface area contributed by atoms with Crippen LogP contribution in [0.25, 0.3) is 0 Å². The van der Waals surface area contributed by atoms with Crippen LogP contribution in [-0.4, -0.2) is 17.6 Å². The fourth-order valence-electron chi connectivity index (χ4n) is 2.28. The third-order valence-corrected chi connectivity index (χ3v) is 4.86. The Hall–Kier alpha value is -1.14. The minimum Gasteiger partial charge on any atom is -0.361 e. The van der Waals surface area contributed by atoms with E-state index in [1.165, 1.54) is 16.9 Å². The number of hydrogen-bond acceptors (Lipinski definition) is 3. The molecule has 0 spiro atoms. The van der Waals surface area contributed by atoms with Crippen LogP contribution in [0.1, 0.15) is 46.8 Å². The van der Waals surface area contributed by atoms with E-state index in [2.05, 4.69) is 30.0 Å². The van der Waals surface area contributed by atoms with Crippen molar-refractivity contribution in [2.75, 3.05) is 6.54 Å². The fourth-order valence-corrected chi connectivity index (χ4v) is 3.53. The third kappa shape index (κ3) is 3.93. The van der Waals surface area contributed by atoms with Gasteiger partial charge in [-0.3, -0.25) is 15.6 Å². The molecule has 1 aromatic heterocycles. The van der Waals surface area contributed by atoms with Crippen molar-refractivity contribution in [2.24, 2.45) is 5.92 Å². The second-order valence-electron chi connectivity index (χ2n) is 5.24. The number of hydrogen-bond donors (Lipinski definition) is 3. The lowest BCUT2D eigenvalue weighted by atomic mass is 9.90. The van der Waals surface area contributed by atoms with Gasteiger partial charge >= 0.3 is 0 Å². The summed E-state index contributed by atoms with van der Waals surface area (Å²) in [5.41, 5.74) is 6.72. The zero-order chi connectivity index (χ0) is 14.5. The molecule has 0 radical (unpaired) electrons. The van der Waals surface area contributed by atoms with Crippen molar-refractivity contribution in [2.45, 2.75) is 39.5 Å². The molecule has 4 nitrogen and oxygen atoms in total. The lowest BCUT2D eigenvalue weighted by molar-refractivity contribution is 0.0947. The van der Waals surface area contributed by atoms with Crippen LogP contribution >= 0.6 is 23.6 Å². The number of aryl methyl sites for hydroxylation is 1. The van der Waals surface area contributed by atoms with Gasteiger partial charge in [-0.2, -0.15) is 0 Å². The highest BCUT2D eigenvalue weighted by molar-refractivity contribution is 7.80. The summed E-state index contributed by atoms with van der Waals surface area (Å²) in [5, 5.41) is 3.46. The Labute approximate surface area is 129 Å². The third-order valence-electron chi connectivity index (χ3n) is 3.38. The van der Waals surface area contributed by atoms with Gasteiger partial charge in [0.05, 0.1) is 4.88 Å². The minimum absolute atomic E-state index is 0.113. The number of amides is 1. The summed E-state index contributed by atoms with van der Waals surface area (Å²) >= 11 is 6.66. The minimum atomic E-state index is -0.113. The molecule has 1 atom stereocenters. The molecule has 0 saturated heterocycles. The summed E-state index contributed by atoms with van der Waals surface area (Å²) in [4.78, 5) is 14.2. The fraction of sp³-hybridized carbons (Fsp3) is 0.571. The number of thiophene rings is 1. The number of rotatable bonds is 3. The highest BCUT2D eigenvalue weighted by Gasteiger charge is 2.20. The summed E-state index contributed by atoms with van der Waals surface area (Å²) in [7, 11) is 0. The molecule has 6 heteroatoms. The van der Waals surface area contributed by atoms with E-state index in [-0.39, 0.29) is 5.91 Å². The number of nitrogens with one attached hydrogen (secondary N) is 3. The van der Waals surface area contributed by atoms with E-state index >= 15 is 0 Å². The van der Waals surface area contributed by atoms with E-state index in [4.69, 9.17) is 12.2 Å². The highest BCUT2D eigenvalue weighted by atomic mass is 32.1. The average molecular weight is 311 g/mol. The van der Waals surface area contributed by atoms with Gasteiger partial charge in [0.2, 0.25) is 0 Å². The quantitative estimate of drug-likeness (QED) is 0.593. The molecule has 2 rings (SSSR count). The summed E-state index contributed by atoms with van der Waals surface area (Å²) in [6.07, 6.45) is 4.39. The van der Waals surface area contributed by atoms with Crippen molar-refractivity contribution < 1.29 is 4.79 Å². The molecule has 1 amide bonds. The summed E-state index contributed by atoms with van der Waals surface area (Å²) in [6.45, 7) is 5.12. The predicted octanol–water partition coefficient (Wildman–Crippen LogP) is 2.39. The molecular weight excluding hydrogens is 290 g/mol. The number of carbonyl (C=O) groups excluding carboxylic acids is 1. The molecule has 0 fully saturated rings. The molecule has 0 unspecified atom stereocenters. The molecule has 0 bridgehead atoms. The van der Waals surface area contributed by atoms with Crippen LogP contribution < -0.4 is 16.2 Å². The van der Waals surface area contributed by atoms with Crippen molar-refractivity contribution in [1.82, 2.24) is 16.2 Å². The lowest BCUT2D eigenvalue weighted by Crippen LogP contribution is -2.46. The van der Waals surface area contributed by atoms with Crippen LogP contribution in [0.2, 0.25) is 0 Å². The smallest absolute Gasteiger partial charge is 0.279 e. The van der Waals surface area contributed by atoms with E-state index in [0.717, 1.165) is 36.6 Å². The first-order chi connectivity index (χ1) is 9.60. The van der Waals surface area contributed by atoms with E-state index in [1.807, 2.05) is 6.07 Å². The largest absolute Gasteiger partial charge is 0.361 e. The number of fused-ring (bicyclic) bond motifs is 1. The van der Waals surface area contributed by atoms with Gasteiger partial charge in [-0.05, 0) is 55.4 Å². The summed E-state index contributed by atoms with van der Waals surface area (Å²) in [6, 6.07) is 2.02. The van der Waals surface area contributed by atoms with Crippen molar-refractivity contribution in [1.29, 1.82) is 0 Å². The van der Waals surface area contributed by atoms with Gasteiger partial charge in [0.1, 0.15) is 0 Å². The molecule has 3 N–H and O–H groups in total. The van der Waals surface area contributed by atoms with E-state index < -0.39 is 0 Å². The standard InChI is InChI=1S/C14H21N3OS2/c1-3-6-15-14(19)17-16-13(18)12-8-10-7-9(2)4-5-11(10)20-12/h8-9H,3-7H2,1-2H3,(H,16,18)(H2,15,17,19)/t9-/m1/s1. The molecule has 1 heterocycles. The Balaban J connectivity index is 1.88. The molecule has 1 aliphatic rings. The average Bonchev–Trinajstić information content (AvgIpc) is 2.85. The van der Waals surface area contributed by atoms with Gasteiger partial charge in [0.25, 0.3) is 5.91 Å². The molecule has 1 aliphatic carbocycles. The molecular formula is C14H21N3OS2. The van der Waals surface area contributed by atoms with E-state index in [0.29, 0.717) is 5.11 Å². The maximum Gasteiger partial charge on any atom is 0.279 e. The Bertz CT molecular complexity index is 499. The van der Waals surface area contributed by atoms with E-state index in [1.54, 1.807) is 11.3 Å². The molecule has 1 aromatic rings. The van der Waals surface area contributed by atoms with Gasteiger partial charge < -0.3 is 5.32 Å². The van der Waals surface area contributed by atoms with Gasteiger partial charge in [-0.15, -0.1) is 11.3 Å². The van der Waals surface area contributed by atoms with Crippen LogP contribution in [0.3, 0.4) is 0 Å². The Kier molecular flexibility index (Phi) is 5.37. The Morgan fingerprint density at radius 3 is 3.05 bits per heavy atom. The first-order valence-electron chi connectivity index (χ1n) is 7.06. The first-order valence-corrected chi connectivity index (χ1v) is 8.28. The van der Waals surface area contributed by atoms with Gasteiger partial charge in [-0.25, -0.2) is 0 Å².